The Morgan fingerprint density at radius 2 is 1.95 bits per heavy atom. The minimum atomic E-state index is -1.06. The van der Waals surface area contributed by atoms with Crippen LogP contribution in [0.3, 0.4) is 0 Å². The average Bonchev–Trinajstić information content (AvgIpc) is 2.43. The van der Waals surface area contributed by atoms with Gasteiger partial charge in [-0.2, -0.15) is 4.39 Å². The van der Waals surface area contributed by atoms with E-state index in [-0.39, 0.29) is 17.5 Å². The summed E-state index contributed by atoms with van der Waals surface area (Å²) in [4.78, 5) is 8.13. The van der Waals surface area contributed by atoms with Crippen LogP contribution in [0.4, 0.5) is 14.6 Å². The molecule has 0 atom stereocenters. The van der Waals surface area contributed by atoms with Crippen LogP contribution in [0.5, 0.6) is 11.6 Å². The number of ether oxygens (including phenoxy) is 1. The molecule has 1 aromatic carbocycles. The highest BCUT2D eigenvalue weighted by molar-refractivity contribution is 9.10. The van der Waals surface area contributed by atoms with E-state index in [1.54, 1.807) is 7.05 Å². The van der Waals surface area contributed by atoms with E-state index in [2.05, 4.69) is 31.2 Å². The molecule has 0 bridgehead atoms. The van der Waals surface area contributed by atoms with Crippen molar-refractivity contribution in [3.63, 3.8) is 0 Å². The molecule has 7 heteroatoms. The van der Waals surface area contributed by atoms with Crippen LogP contribution >= 0.6 is 15.9 Å². The topological polar surface area (TPSA) is 47.0 Å². The number of anilines is 1. The molecule has 0 saturated heterocycles. The van der Waals surface area contributed by atoms with Gasteiger partial charge in [-0.05, 0) is 18.1 Å². The first-order chi connectivity index (χ1) is 9.93. The Morgan fingerprint density at radius 1 is 1.24 bits per heavy atom. The van der Waals surface area contributed by atoms with Gasteiger partial charge in [-0.15, -0.1) is 0 Å². The summed E-state index contributed by atoms with van der Waals surface area (Å²) in [6, 6.07) is 2.38. The largest absolute Gasteiger partial charge is 0.435 e. The maximum absolute atomic E-state index is 13.8. The van der Waals surface area contributed by atoms with Crippen molar-refractivity contribution in [1.82, 2.24) is 9.97 Å². The van der Waals surface area contributed by atoms with Crippen molar-refractivity contribution in [3.05, 3.63) is 40.1 Å². The molecule has 0 spiro atoms. The molecule has 1 aromatic heterocycles. The summed E-state index contributed by atoms with van der Waals surface area (Å²) in [5, 5.41) is 2.93. The number of nitrogens with zero attached hydrogens (tertiary/aromatic N) is 2. The van der Waals surface area contributed by atoms with Gasteiger partial charge in [0.05, 0.1) is 5.56 Å². The first-order valence-electron chi connectivity index (χ1n) is 6.29. The zero-order chi connectivity index (χ0) is 15.6. The maximum Gasteiger partial charge on any atom is 0.228 e. The monoisotopic (exact) mass is 357 g/mol. The third-order valence-corrected chi connectivity index (χ3v) is 3.29. The second-order valence-electron chi connectivity index (χ2n) is 4.65. The predicted octanol–water partition coefficient (Wildman–Crippen LogP) is 4.47. The molecule has 0 amide bonds. The quantitative estimate of drug-likeness (QED) is 0.819. The van der Waals surface area contributed by atoms with Crippen molar-refractivity contribution in [2.45, 2.75) is 19.8 Å². The molecule has 1 N–H and O–H groups in total. The van der Waals surface area contributed by atoms with Crippen LogP contribution in [0, 0.1) is 11.6 Å². The van der Waals surface area contributed by atoms with E-state index >= 15 is 0 Å². The summed E-state index contributed by atoms with van der Waals surface area (Å²) < 4.78 is 33.1. The molecule has 0 unspecified atom stereocenters. The summed E-state index contributed by atoms with van der Waals surface area (Å²) in [6.07, 6.45) is 1.30. The van der Waals surface area contributed by atoms with E-state index in [0.29, 0.717) is 15.9 Å². The van der Waals surface area contributed by atoms with Gasteiger partial charge in [-0.3, -0.25) is 0 Å². The SMILES string of the molecule is CNc1ncnc(Oc2cc(Br)cc(F)c2F)c1C(C)C. The third-order valence-electron chi connectivity index (χ3n) is 2.83. The molecule has 0 aliphatic carbocycles. The molecule has 0 aliphatic rings. The number of aromatic nitrogens is 2. The van der Waals surface area contributed by atoms with E-state index in [4.69, 9.17) is 4.74 Å². The molecule has 0 radical (unpaired) electrons. The van der Waals surface area contributed by atoms with Crippen LogP contribution in [0.1, 0.15) is 25.3 Å². The van der Waals surface area contributed by atoms with Gasteiger partial charge < -0.3 is 10.1 Å². The van der Waals surface area contributed by atoms with Crippen molar-refractivity contribution in [3.8, 4) is 11.6 Å². The number of rotatable bonds is 4. The second kappa shape index (κ2) is 6.34. The lowest BCUT2D eigenvalue weighted by atomic mass is 10.1. The number of hydrogen-bond donors (Lipinski definition) is 1. The highest BCUT2D eigenvalue weighted by Gasteiger charge is 2.19. The number of benzene rings is 1. The van der Waals surface area contributed by atoms with E-state index < -0.39 is 11.6 Å². The summed E-state index contributed by atoms with van der Waals surface area (Å²) in [6.45, 7) is 3.87. The molecule has 1 heterocycles. The normalized spacial score (nSPS) is 10.8. The van der Waals surface area contributed by atoms with Gasteiger partial charge in [-0.25, -0.2) is 14.4 Å². The molecule has 0 saturated carbocycles. The summed E-state index contributed by atoms with van der Waals surface area (Å²) in [5.41, 5.74) is 0.694. The Bertz CT molecular complexity index is 665. The van der Waals surface area contributed by atoms with Crippen molar-refractivity contribution in [2.24, 2.45) is 0 Å². The Morgan fingerprint density at radius 3 is 2.57 bits per heavy atom. The zero-order valence-corrected chi connectivity index (χ0v) is 13.3. The van der Waals surface area contributed by atoms with Crippen molar-refractivity contribution in [2.75, 3.05) is 12.4 Å². The van der Waals surface area contributed by atoms with Crippen LogP contribution in [0.15, 0.2) is 22.9 Å². The molecular formula is C14H14BrF2N3O. The lowest BCUT2D eigenvalue weighted by molar-refractivity contribution is 0.399. The molecule has 2 aromatic rings. The Labute approximate surface area is 129 Å². The highest BCUT2D eigenvalue weighted by atomic mass is 79.9. The van der Waals surface area contributed by atoms with Gasteiger partial charge in [0, 0.05) is 11.5 Å². The molecule has 0 fully saturated rings. The van der Waals surface area contributed by atoms with E-state index in [9.17, 15) is 8.78 Å². The second-order valence-corrected chi connectivity index (χ2v) is 5.56. The fourth-order valence-electron chi connectivity index (χ4n) is 1.89. The summed E-state index contributed by atoms with van der Waals surface area (Å²) in [5.74, 6) is -1.45. The molecule has 2 rings (SSSR count). The summed E-state index contributed by atoms with van der Waals surface area (Å²) >= 11 is 3.10. The Balaban J connectivity index is 2.50. The highest BCUT2D eigenvalue weighted by Crippen LogP contribution is 2.35. The first kappa shape index (κ1) is 15.6. The average molecular weight is 358 g/mol. The van der Waals surface area contributed by atoms with Gasteiger partial charge in [0.2, 0.25) is 11.7 Å². The van der Waals surface area contributed by atoms with Gasteiger partial charge in [0.15, 0.2) is 11.6 Å². The molecule has 4 nitrogen and oxygen atoms in total. The van der Waals surface area contributed by atoms with Crippen LogP contribution < -0.4 is 10.1 Å². The molecule has 21 heavy (non-hydrogen) atoms. The van der Waals surface area contributed by atoms with E-state index in [0.717, 1.165) is 6.07 Å². The van der Waals surface area contributed by atoms with Gasteiger partial charge in [-0.1, -0.05) is 29.8 Å². The van der Waals surface area contributed by atoms with Crippen LogP contribution in [-0.4, -0.2) is 17.0 Å². The van der Waals surface area contributed by atoms with Crippen LogP contribution in [0.25, 0.3) is 0 Å². The lowest BCUT2D eigenvalue weighted by Gasteiger charge is -2.16. The minimum absolute atomic E-state index is 0.0451. The fraction of sp³-hybridized carbons (Fsp3) is 0.286. The third kappa shape index (κ3) is 3.29. The number of halogens is 3. The molecule has 0 aliphatic heterocycles. The van der Waals surface area contributed by atoms with E-state index in [1.165, 1.54) is 12.4 Å². The van der Waals surface area contributed by atoms with Gasteiger partial charge in [0.25, 0.3) is 0 Å². The molecular weight excluding hydrogens is 344 g/mol. The predicted molar refractivity (Wildman–Crippen MR) is 79.8 cm³/mol. The smallest absolute Gasteiger partial charge is 0.228 e. The van der Waals surface area contributed by atoms with E-state index in [1.807, 2.05) is 13.8 Å². The number of nitrogens with one attached hydrogen (secondary N) is 1. The van der Waals surface area contributed by atoms with Crippen molar-refractivity contribution >= 4 is 21.7 Å². The molecule has 112 valence electrons. The van der Waals surface area contributed by atoms with Crippen molar-refractivity contribution in [1.29, 1.82) is 0 Å². The Kier molecular flexibility index (Phi) is 4.72. The van der Waals surface area contributed by atoms with Gasteiger partial charge >= 0.3 is 0 Å². The van der Waals surface area contributed by atoms with Crippen molar-refractivity contribution < 1.29 is 13.5 Å². The zero-order valence-electron chi connectivity index (χ0n) is 11.7. The Hall–Kier alpha value is -1.76. The number of hydrogen-bond acceptors (Lipinski definition) is 4. The fourth-order valence-corrected chi connectivity index (χ4v) is 2.30. The van der Waals surface area contributed by atoms with Gasteiger partial charge in [0.1, 0.15) is 12.1 Å². The van der Waals surface area contributed by atoms with Crippen LogP contribution in [-0.2, 0) is 0 Å². The minimum Gasteiger partial charge on any atom is -0.435 e. The summed E-state index contributed by atoms with van der Waals surface area (Å²) in [7, 11) is 1.72. The lowest BCUT2D eigenvalue weighted by Crippen LogP contribution is -2.05. The standard InChI is InChI=1S/C14H14BrF2N3O/c1-7(2)11-13(18-3)19-6-20-14(11)21-10-5-8(15)4-9(16)12(10)17/h4-7H,1-3H3,(H,18,19,20). The first-order valence-corrected chi connectivity index (χ1v) is 7.08. The maximum atomic E-state index is 13.8. The van der Waals surface area contributed by atoms with Crippen LogP contribution in [0.2, 0.25) is 0 Å².